The Kier molecular flexibility index (Phi) is 6.49. The molecule has 180 valence electrons. The maximum Gasteiger partial charge on any atom is 0.410 e. The highest BCUT2D eigenvalue weighted by Gasteiger charge is 2.41. The summed E-state index contributed by atoms with van der Waals surface area (Å²) in [5.41, 5.74) is 3.86. The van der Waals surface area contributed by atoms with Crippen LogP contribution >= 0.6 is 0 Å². The predicted octanol–water partition coefficient (Wildman–Crippen LogP) is 4.71. The van der Waals surface area contributed by atoms with Crippen molar-refractivity contribution in [1.82, 2.24) is 14.4 Å². The summed E-state index contributed by atoms with van der Waals surface area (Å²) >= 11 is 0. The number of nitrogens with zero attached hydrogens (tertiary/aromatic N) is 3. The molecule has 1 aromatic carbocycles. The largest absolute Gasteiger partial charge is 0.444 e. The molecule has 0 N–H and O–H groups in total. The molecule has 2 amide bonds. The van der Waals surface area contributed by atoms with E-state index in [-0.39, 0.29) is 18.0 Å². The van der Waals surface area contributed by atoms with Crippen LogP contribution in [0, 0.1) is 17.8 Å². The molecule has 0 fully saturated rings. The molecule has 2 atom stereocenters. The monoisotopic (exact) mass is 461 g/mol. The van der Waals surface area contributed by atoms with Crippen LogP contribution in [-0.2, 0) is 22.5 Å². The molecular formula is C28H35N3O3. The van der Waals surface area contributed by atoms with Crippen molar-refractivity contribution in [3.05, 3.63) is 41.6 Å². The predicted molar refractivity (Wildman–Crippen MR) is 135 cm³/mol. The van der Waals surface area contributed by atoms with Crippen LogP contribution in [0.2, 0.25) is 0 Å². The number of amides is 2. The summed E-state index contributed by atoms with van der Waals surface area (Å²) in [5.74, 6) is 5.79. The van der Waals surface area contributed by atoms with Gasteiger partial charge in [0.25, 0.3) is 0 Å². The van der Waals surface area contributed by atoms with Gasteiger partial charge in [0.2, 0.25) is 5.91 Å². The average Bonchev–Trinajstić information content (AvgIpc) is 3.15. The van der Waals surface area contributed by atoms with Gasteiger partial charge in [0.05, 0.1) is 18.5 Å². The number of fused-ring (bicyclic) bond motifs is 2. The molecule has 1 unspecified atom stereocenters. The van der Waals surface area contributed by atoms with Crippen molar-refractivity contribution in [1.29, 1.82) is 0 Å². The lowest BCUT2D eigenvalue weighted by Gasteiger charge is -2.42. The zero-order chi connectivity index (χ0) is 24.6. The Hall–Kier alpha value is -3.20. The fraction of sp³-hybridized carbons (Fsp3) is 0.500. The lowest BCUT2D eigenvalue weighted by atomic mass is 9.79. The van der Waals surface area contributed by atoms with Crippen LogP contribution in [-0.4, -0.2) is 57.6 Å². The minimum absolute atomic E-state index is 0.0540. The third-order valence-electron chi connectivity index (χ3n) is 6.66. The van der Waals surface area contributed by atoms with E-state index < -0.39 is 11.5 Å². The summed E-state index contributed by atoms with van der Waals surface area (Å²) in [6.45, 7) is 13.7. The number of ether oxygens (including phenoxy) is 1. The zero-order valence-electron chi connectivity index (χ0n) is 21.1. The first kappa shape index (κ1) is 23.9. The Labute approximate surface area is 202 Å². The van der Waals surface area contributed by atoms with Crippen molar-refractivity contribution >= 4 is 28.5 Å². The zero-order valence-corrected chi connectivity index (χ0v) is 21.1. The Bertz CT molecular complexity index is 1200. The van der Waals surface area contributed by atoms with Gasteiger partial charge in [-0.2, -0.15) is 0 Å². The van der Waals surface area contributed by atoms with Gasteiger partial charge < -0.3 is 14.2 Å². The molecule has 0 radical (unpaired) electrons. The van der Waals surface area contributed by atoms with Gasteiger partial charge in [-0.05, 0) is 70.7 Å². The first-order valence-electron chi connectivity index (χ1n) is 12.2. The molecule has 0 spiro atoms. The standard InChI is InChI=1S/C28H35N3O3/c1-7-10-14-30-17-19-16-24-22(21-12-11-13-23(30)25(19)21)15-20(26(32)29(8-2)9-3)18-31(24)27(33)34-28(4,5)6/h11-13,15,17,20,24H,8-9,14,16,18H2,1-6H3/t20?,24-/m1/s1. The van der Waals surface area contributed by atoms with Crippen molar-refractivity contribution in [2.45, 2.75) is 66.2 Å². The van der Waals surface area contributed by atoms with Gasteiger partial charge in [0.15, 0.2) is 0 Å². The second-order valence-electron chi connectivity index (χ2n) is 10.0. The van der Waals surface area contributed by atoms with Crippen LogP contribution in [0.15, 0.2) is 30.5 Å². The molecule has 1 aromatic heterocycles. The number of hydrogen-bond donors (Lipinski definition) is 0. The van der Waals surface area contributed by atoms with Crippen LogP contribution in [0.4, 0.5) is 4.79 Å². The number of aromatic nitrogens is 1. The third-order valence-corrected chi connectivity index (χ3v) is 6.66. The summed E-state index contributed by atoms with van der Waals surface area (Å²) in [6.07, 6.45) is 4.59. The fourth-order valence-electron chi connectivity index (χ4n) is 5.16. The van der Waals surface area contributed by atoms with Crippen LogP contribution < -0.4 is 0 Å². The van der Waals surface area contributed by atoms with E-state index in [0.29, 0.717) is 32.6 Å². The average molecular weight is 462 g/mol. The first-order valence-corrected chi connectivity index (χ1v) is 12.2. The maximum absolute atomic E-state index is 13.4. The third kappa shape index (κ3) is 4.32. The maximum atomic E-state index is 13.4. The number of carbonyl (C=O) groups is 2. The Morgan fingerprint density at radius 1 is 1.21 bits per heavy atom. The summed E-state index contributed by atoms with van der Waals surface area (Å²) in [5, 5.41) is 1.20. The Morgan fingerprint density at radius 3 is 2.59 bits per heavy atom. The molecule has 0 saturated heterocycles. The van der Waals surface area contributed by atoms with E-state index in [2.05, 4.69) is 40.8 Å². The summed E-state index contributed by atoms with van der Waals surface area (Å²) in [6, 6.07) is 6.11. The molecule has 0 bridgehead atoms. The van der Waals surface area contributed by atoms with Crippen molar-refractivity contribution in [3.63, 3.8) is 0 Å². The second kappa shape index (κ2) is 9.21. The highest BCUT2D eigenvalue weighted by molar-refractivity contribution is 6.00. The normalized spacial score (nSPS) is 19.1. The lowest BCUT2D eigenvalue weighted by Crippen LogP contribution is -2.52. The van der Waals surface area contributed by atoms with E-state index in [1.807, 2.05) is 52.5 Å². The van der Waals surface area contributed by atoms with Gasteiger partial charge in [-0.25, -0.2) is 4.79 Å². The van der Waals surface area contributed by atoms with Crippen molar-refractivity contribution in [2.24, 2.45) is 5.92 Å². The molecule has 6 heteroatoms. The number of carbonyl (C=O) groups excluding carboxylic acids is 2. The van der Waals surface area contributed by atoms with Crippen molar-refractivity contribution < 1.29 is 14.3 Å². The highest BCUT2D eigenvalue weighted by atomic mass is 16.6. The number of benzene rings is 1. The van der Waals surface area contributed by atoms with E-state index >= 15 is 0 Å². The van der Waals surface area contributed by atoms with Gasteiger partial charge in [0, 0.05) is 36.7 Å². The second-order valence-corrected chi connectivity index (χ2v) is 10.0. The van der Waals surface area contributed by atoms with Crippen LogP contribution in [0.3, 0.4) is 0 Å². The van der Waals surface area contributed by atoms with Gasteiger partial charge in [-0.3, -0.25) is 9.69 Å². The quantitative estimate of drug-likeness (QED) is 0.620. The Balaban J connectivity index is 1.83. The molecule has 0 saturated carbocycles. The summed E-state index contributed by atoms with van der Waals surface area (Å²) in [7, 11) is 0. The smallest absolute Gasteiger partial charge is 0.410 e. The minimum Gasteiger partial charge on any atom is -0.444 e. The van der Waals surface area contributed by atoms with Gasteiger partial charge in [0.1, 0.15) is 5.60 Å². The molecule has 34 heavy (non-hydrogen) atoms. The van der Waals surface area contributed by atoms with E-state index in [9.17, 15) is 9.59 Å². The molecule has 2 aliphatic rings. The number of hydrogen-bond acceptors (Lipinski definition) is 3. The number of rotatable bonds is 4. The van der Waals surface area contributed by atoms with Crippen LogP contribution in [0.25, 0.3) is 16.5 Å². The molecular weight excluding hydrogens is 426 g/mol. The lowest BCUT2D eigenvalue weighted by molar-refractivity contribution is -0.134. The van der Waals surface area contributed by atoms with E-state index in [4.69, 9.17) is 4.74 Å². The Morgan fingerprint density at radius 2 is 1.94 bits per heavy atom. The van der Waals surface area contributed by atoms with Gasteiger partial charge in [-0.15, -0.1) is 5.92 Å². The molecule has 1 aliphatic heterocycles. The van der Waals surface area contributed by atoms with Crippen LogP contribution in [0.5, 0.6) is 0 Å². The van der Waals surface area contributed by atoms with Gasteiger partial charge in [-0.1, -0.05) is 24.1 Å². The van der Waals surface area contributed by atoms with Crippen LogP contribution in [0.1, 0.15) is 52.7 Å². The van der Waals surface area contributed by atoms with Gasteiger partial charge >= 0.3 is 6.09 Å². The fourth-order valence-corrected chi connectivity index (χ4v) is 5.16. The van der Waals surface area contributed by atoms with E-state index in [1.165, 1.54) is 10.9 Å². The van der Waals surface area contributed by atoms with Crippen molar-refractivity contribution in [2.75, 3.05) is 19.6 Å². The molecule has 2 aromatic rings. The molecule has 4 rings (SSSR count). The van der Waals surface area contributed by atoms with E-state index in [0.717, 1.165) is 16.7 Å². The van der Waals surface area contributed by atoms with E-state index in [1.54, 1.807) is 4.90 Å². The summed E-state index contributed by atoms with van der Waals surface area (Å²) in [4.78, 5) is 30.4. The SMILES string of the molecule is CC#CCn1cc2c3c(cccc31)C1=CC(C(=O)N(CC)CC)CN(C(=O)OC(C)(C)C)[C@@H]1C2. The summed E-state index contributed by atoms with van der Waals surface area (Å²) < 4.78 is 7.98. The highest BCUT2D eigenvalue weighted by Crippen LogP contribution is 2.42. The topological polar surface area (TPSA) is 54.8 Å². The minimum atomic E-state index is -0.612. The molecule has 1 aliphatic carbocycles. The first-order chi connectivity index (χ1) is 16.2. The molecule has 6 nitrogen and oxygen atoms in total. The molecule has 2 heterocycles. The van der Waals surface area contributed by atoms with Crippen molar-refractivity contribution in [3.8, 4) is 11.8 Å².